The molecule has 0 saturated carbocycles. The second-order valence-corrected chi connectivity index (χ2v) is 9.56. The lowest BCUT2D eigenvalue weighted by molar-refractivity contribution is -0.142. The van der Waals surface area contributed by atoms with Crippen LogP contribution < -0.4 is 10.1 Å². The van der Waals surface area contributed by atoms with Crippen molar-refractivity contribution in [1.29, 1.82) is 0 Å². The normalized spacial score (nSPS) is 11.9. The number of hydrogen-bond donors (Lipinski definition) is 1. The smallest absolute Gasteiger partial charge is 0.261 e. The second-order valence-electron chi connectivity index (χ2n) is 7.86. The summed E-state index contributed by atoms with van der Waals surface area (Å²) in [6.45, 7) is 8.37. The predicted octanol–water partition coefficient (Wildman–Crippen LogP) is 6.20. The third-order valence-electron chi connectivity index (χ3n) is 5.05. The van der Waals surface area contributed by atoms with Gasteiger partial charge in [0.15, 0.2) is 6.61 Å². The SMILES string of the molecule is CCCNC(=O)[C@H](C)N(Cc1ccc(Cl)cc1Cl)C(=O)COc1ccc(C(C)C)cc1Br. The molecule has 2 amide bonds. The summed E-state index contributed by atoms with van der Waals surface area (Å²) in [7, 11) is 0. The van der Waals surface area contributed by atoms with E-state index < -0.39 is 6.04 Å². The third kappa shape index (κ3) is 7.39. The van der Waals surface area contributed by atoms with Crippen LogP contribution >= 0.6 is 39.1 Å². The molecule has 1 atom stereocenters. The fourth-order valence-electron chi connectivity index (χ4n) is 3.03. The highest BCUT2D eigenvalue weighted by atomic mass is 79.9. The highest BCUT2D eigenvalue weighted by molar-refractivity contribution is 9.10. The molecule has 0 heterocycles. The molecule has 0 fully saturated rings. The lowest BCUT2D eigenvalue weighted by Crippen LogP contribution is -2.49. The van der Waals surface area contributed by atoms with Gasteiger partial charge < -0.3 is 15.0 Å². The van der Waals surface area contributed by atoms with Crippen molar-refractivity contribution in [2.75, 3.05) is 13.2 Å². The van der Waals surface area contributed by atoms with Crippen molar-refractivity contribution in [1.82, 2.24) is 10.2 Å². The Balaban J connectivity index is 2.20. The molecule has 0 radical (unpaired) electrons. The summed E-state index contributed by atoms with van der Waals surface area (Å²) in [5.41, 5.74) is 1.86. The number of halogens is 3. The van der Waals surface area contributed by atoms with E-state index in [-0.39, 0.29) is 25.0 Å². The van der Waals surface area contributed by atoms with Crippen molar-refractivity contribution in [2.24, 2.45) is 0 Å². The standard InChI is InChI=1S/C24H29BrCl2N2O3/c1-5-10-28-24(31)16(4)29(13-18-6-8-19(26)12-21(18)27)23(30)14-32-22-9-7-17(15(2)3)11-20(22)25/h6-9,11-12,15-16H,5,10,13-14H2,1-4H3,(H,28,31)/t16-/m0/s1. The van der Waals surface area contributed by atoms with E-state index in [2.05, 4.69) is 35.1 Å². The Morgan fingerprint density at radius 3 is 2.44 bits per heavy atom. The summed E-state index contributed by atoms with van der Waals surface area (Å²) in [6.07, 6.45) is 0.804. The molecule has 0 spiro atoms. The number of rotatable bonds is 10. The molecule has 0 unspecified atom stereocenters. The summed E-state index contributed by atoms with van der Waals surface area (Å²) in [6, 6.07) is 10.2. The van der Waals surface area contributed by atoms with Crippen molar-refractivity contribution < 1.29 is 14.3 Å². The molecule has 2 aromatic carbocycles. The zero-order valence-corrected chi connectivity index (χ0v) is 21.9. The van der Waals surface area contributed by atoms with Crippen LogP contribution in [0.5, 0.6) is 5.75 Å². The monoisotopic (exact) mass is 542 g/mol. The van der Waals surface area contributed by atoms with E-state index in [0.29, 0.717) is 33.8 Å². The van der Waals surface area contributed by atoms with E-state index >= 15 is 0 Å². The summed E-state index contributed by atoms with van der Waals surface area (Å²) in [4.78, 5) is 27.2. The fraction of sp³-hybridized carbons (Fsp3) is 0.417. The van der Waals surface area contributed by atoms with Crippen molar-refractivity contribution >= 4 is 50.9 Å². The Morgan fingerprint density at radius 2 is 1.84 bits per heavy atom. The van der Waals surface area contributed by atoms with E-state index in [4.69, 9.17) is 27.9 Å². The van der Waals surface area contributed by atoms with Crippen LogP contribution in [-0.2, 0) is 16.1 Å². The maximum atomic E-state index is 13.1. The van der Waals surface area contributed by atoms with Gasteiger partial charge in [-0.05, 0) is 70.6 Å². The molecule has 0 saturated heterocycles. The topological polar surface area (TPSA) is 58.6 Å². The van der Waals surface area contributed by atoms with E-state index in [1.54, 1.807) is 25.1 Å². The van der Waals surface area contributed by atoms with E-state index in [1.165, 1.54) is 4.90 Å². The number of amides is 2. The average Bonchev–Trinajstić information content (AvgIpc) is 2.75. The van der Waals surface area contributed by atoms with Crippen molar-refractivity contribution in [3.63, 3.8) is 0 Å². The van der Waals surface area contributed by atoms with Gasteiger partial charge >= 0.3 is 0 Å². The summed E-state index contributed by atoms with van der Waals surface area (Å²) in [5, 5.41) is 3.78. The van der Waals surface area contributed by atoms with Crippen LogP contribution in [0.4, 0.5) is 0 Å². The van der Waals surface area contributed by atoms with Gasteiger partial charge in [-0.15, -0.1) is 0 Å². The van der Waals surface area contributed by atoms with Gasteiger partial charge in [-0.3, -0.25) is 9.59 Å². The zero-order chi connectivity index (χ0) is 23.8. The van der Waals surface area contributed by atoms with Gasteiger partial charge in [0.05, 0.1) is 4.47 Å². The van der Waals surface area contributed by atoms with Crippen molar-refractivity contribution in [3.8, 4) is 5.75 Å². The molecule has 0 aliphatic rings. The largest absolute Gasteiger partial charge is 0.483 e. The van der Waals surface area contributed by atoms with Crippen LogP contribution in [0, 0.1) is 0 Å². The lowest BCUT2D eigenvalue weighted by atomic mass is 10.0. The Hall–Kier alpha value is -1.76. The Labute approximate surface area is 208 Å². The molecule has 5 nitrogen and oxygen atoms in total. The number of ether oxygens (including phenoxy) is 1. The van der Waals surface area contributed by atoms with Crippen LogP contribution in [0.15, 0.2) is 40.9 Å². The van der Waals surface area contributed by atoms with Gasteiger partial charge in [0, 0.05) is 23.1 Å². The first-order valence-corrected chi connectivity index (χ1v) is 12.1. The van der Waals surface area contributed by atoms with Gasteiger partial charge in [0.2, 0.25) is 5.91 Å². The molecule has 2 aromatic rings. The molecule has 0 aliphatic heterocycles. The molecule has 1 N–H and O–H groups in total. The molecule has 174 valence electrons. The maximum Gasteiger partial charge on any atom is 0.261 e. The van der Waals surface area contributed by atoms with Gasteiger partial charge in [-0.2, -0.15) is 0 Å². The van der Waals surface area contributed by atoms with E-state index in [1.807, 2.05) is 25.1 Å². The van der Waals surface area contributed by atoms with Gasteiger partial charge in [0.25, 0.3) is 5.91 Å². The van der Waals surface area contributed by atoms with Gasteiger partial charge in [-0.25, -0.2) is 0 Å². The molecule has 8 heteroatoms. The number of nitrogens with zero attached hydrogens (tertiary/aromatic N) is 1. The summed E-state index contributed by atoms with van der Waals surface area (Å²) < 4.78 is 6.56. The minimum atomic E-state index is -0.698. The van der Waals surface area contributed by atoms with Crippen LogP contribution in [0.3, 0.4) is 0 Å². The Bertz CT molecular complexity index is 953. The minimum Gasteiger partial charge on any atom is -0.483 e. The molecule has 0 aromatic heterocycles. The molecule has 32 heavy (non-hydrogen) atoms. The number of benzene rings is 2. The molecule has 2 rings (SSSR count). The quantitative estimate of drug-likeness (QED) is 0.388. The number of nitrogens with one attached hydrogen (secondary N) is 1. The summed E-state index contributed by atoms with van der Waals surface area (Å²) in [5.74, 6) is 0.391. The first-order chi connectivity index (χ1) is 15.1. The van der Waals surface area contributed by atoms with Crippen molar-refractivity contribution in [3.05, 3.63) is 62.0 Å². The van der Waals surface area contributed by atoms with Crippen LogP contribution in [0.1, 0.15) is 51.2 Å². The van der Waals surface area contributed by atoms with Crippen LogP contribution in [-0.4, -0.2) is 35.9 Å². The number of carbonyl (C=O) groups is 2. The first kappa shape index (κ1) is 26.5. The fourth-order valence-corrected chi connectivity index (χ4v) is 4.01. The molecule has 0 bridgehead atoms. The van der Waals surface area contributed by atoms with Gasteiger partial charge in [0.1, 0.15) is 11.8 Å². The lowest BCUT2D eigenvalue weighted by Gasteiger charge is -2.29. The number of carbonyl (C=O) groups excluding carboxylic acids is 2. The van der Waals surface area contributed by atoms with Gasteiger partial charge in [-0.1, -0.05) is 56.1 Å². The highest BCUT2D eigenvalue weighted by Gasteiger charge is 2.27. The predicted molar refractivity (Wildman–Crippen MR) is 134 cm³/mol. The highest BCUT2D eigenvalue weighted by Crippen LogP contribution is 2.29. The van der Waals surface area contributed by atoms with Crippen LogP contribution in [0.25, 0.3) is 0 Å². The van der Waals surface area contributed by atoms with E-state index in [0.717, 1.165) is 16.5 Å². The molecule has 0 aliphatic carbocycles. The molecular formula is C24H29BrCl2N2O3. The van der Waals surface area contributed by atoms with Crippen LogP contribution in [0.2, 0.25) is 10.0 Å². The minimum absolute atomic E-state index is 0.159. The third-order valence-corrected chi connectivity index (χ3v) is 6.25. The summed E-state index contributed by atoms with van der Waals surface area (Å²) >= 11 is 15.8. The Kier molecular flexibility index (Phi) is 10.3. The van der Waals surface area contributed by atoms with E-state index in [9.17, 15) is 9.59 Å². The van der Waals surface area contributed by atoms with Crippen molar-refractivity contribution in [2.45, 2.75) is 52.6 Å². The average molecular weight is 544 g/mol. The first-order valence-electron chi connectivity index (χ1n) is 10.6. The Morgan fingerprint density at radius 1 is 1.12 bits per heavy atom. The maximum absolute atomic E-state index is 13.1. The molecular weight excluding hydrogens is 515 g/mol. The number of hydrogen-bond acceptors (Lipinski definition) is 3. The zero-order valence-electron chi connectivity index (χ0n) is 18.8. The second kappa shape index (κ2) is 12.5.